The first-order valence-corrected chi connectivity index (χ1v) is 8.17. The van der Waals surface area contributed by atoms with Crippen molar-refractivity contribution in [3.63, 3.8) is 0 Å². The fourth-order valence-corrected chi connectivity index (χ4v) is 3.09. The minimum absolute atomic E-state index is 0.243. The number of carbonyl (C=O) groups is 1. The number of rotatable bonds is 7. The Labute approximate surface area is 132 Å². The first-order valence-electron chi connectivity index (χ1n) is 8.17. The third-order valence-electron chi connectivity index (χ3n) is 4.29. The van der Waals surface area contributed by atoms with E-state index in [0.29, 0.717) is 12.5 Å². The molecule has 0 bridgehead atoms. The smallest absolute Gasteiger partial charge is 0.217 e. The highest BCUT2D eigenvalue weighted by Gasteiger charge is 2.22. The number of hydrogen-bond donors (Lipinski definition) is 1. The number of ether oxygens (including phenoxy) is 1. The summed E-state index contributed by atoms with van der Waals surface area (Å²) in [6.07, 6.45) is 5.02. The van der Waals surface area contributed by atoms with Crippen molar-refractivity contribution < 1.29 is 9.53 Å². The minimum Gasteiger partial charge on any atom is -0.379 e. The van der Waals surface area contributed by atoms with Crippen LogP contribution in [0.1, 0.15) is 49.0 Å². The second-order valence-electron chi connectivity index (χ2n) is 5.92. The van der Waals surface area contributed by atoms with Crippen molar-refractivity contribution in [2.45, 2.75) is 45.6 Å². The molecule has 0 saturated carbocycles. The van der Waals surface area contributed by atoms with Gasteiger partial charge in [-0.05, 0) is 43.4 Å². The average molecular weight is 305 g/mol. The van der Waals surface area contributed by atoms with Crippen LogP contribution >= 0.6 is 0 Å². The normalized spacial score (nSPS) is 17.4. The highest BCUT2D eigenvalue weighted by atomic mass is 16.5. The Kier molecular flexibility index (Phi) is 6.34. The molecule has 122 valence electrons. The fraction of sp³-hybridized carbons (Fsp3) is 0.647. The van der Waals surface area contributed by atoms with Crippen LogP contribution in [-0.4, -0.2) is 42.1 Å². The topological polar surface area (TPSA) is 68.5 Å². The van der Waals surface area contributed by atoms with E-state index in [0.717, 1.165) is 51.3 Å². The molecule has 0 aliphatic carbocycles. The van der Waals surface area contributed by atoms with Crippen LogP contribution in [0.25, 0.3) is 0 Å². The molecule has 1 atom stereocenters. The maximum absolute atomic E-state index is 10.9. The molecule has 1 aromatic rings. The van der Waals surface area contributed by atoms with Gasteiger partial charge in [0.1, 0.15) is 0 Å². The van der Waals surface area contributed by atoms with Gasteiger partial charge in [-0.15, -0.1) is 0 Å². The first-order chi connectivity index (χ1) is 10.6. The van der Waals surface area contributed by atoms with Crippen molar-refractivity contribution in [3.05, 3.63) is 29.1 Å². The summed E-state index contributed by atoms with van der Waals surface area (Å²) >= 11 is 0. The van der Waals surface area contributed by atoms with Crippen LogP contribution in [0.2, 0.25) is 0 Å². The quantitative estimate of drug-likeness (QED) is 0.836. The third-order valence-corrected chi connectivity index (χ3v) is 4.29. The third kappa shape index (κ3) is 4.52. The number of nitrogens with zero attached hydrogens (tertiary/aromatic N) is 2. The number of primary amides is 1. The molecule has 0 radical (unpaired) electrons. The minimum atomic E-state index is -0.243. The van der Waals surface area contributed by atoms with Gasteiger partial charge in [-0.3, -0.25) is 14.7 Å². The van der Waals surface area contributed by atoms with Gasteiger partial charge in [0.25, 0.3) is 0 Å². The molecule has 1 fully saturated rings. The predicted octanol–water partition coefficient (Wildman–Crippen LogP) is 1.98. The average Bonchev–Trinajstić information content (AvgIpc) is 2.51. The van der Waals surface area contributed by atoms with Crippen LogP contribution < -0.4 is 5.73 Å². The Hall–Kier alpha value is -1.46. The number of nitrogens with two attached hydrogens (primary N) is 1. The van der Waals surface area contributed by atoms with Crippen molar-refractivity contribution in [2.75, 3.05) is 26.3 Å². The van der Waals surface area contributed by atoms with Gasteiger partial charge in [0.15, 0.2) is 0 Å². The highest BCUT2D eigenvalue weighted by molar-refractivity contribution is 5.73. The van der Waals surface area contributed by atoms with Gasteiger partial charge in [-0.25, -0.2) is 0 Å². The summed E-state index contributed by atoms with van der Waals surface area (Å²) in [7, 11) is 0. The van der Waals surface area contributed by atoms with Gasteiger partial charge in [-0.1, -0.05) is 6.92 Å². The van der Waals surface area contributed by atoms with Crippen molar-refractivity contribution >= 4 is 5.91 Å². The Balaban J connectivity index is 2.11. The molecule has 2 N–H and O–H groups in total. The zero-order valence-electron chi connectivity index (χ0n) is 13.7. The summed E-state index contributed by atoms with van der Waals surface area (Å²) in [5.74, 6) is -0.243. The number of morpholine rings is 1. The monoisotopic (exact) mass is 305 g/mol. The van der Waals surface area contributed by atoms with E-state index >= 15 is 0 Å². The summed E-state index contributed by atoms with van der Waals surface area (Å²) in [4.78, 5) is 17.9. The van der Waals surface area contributed by atoms with Crippen LogP contribution in [-0.2, 0) is 16.0 Å². The lowest BCUT2D eigenvalue weighted by atomic mass is 9.97. The highest BCUT2D eigenvalue weighted by Crippen LogP contribution is 2.28. The Morgan fingerprint density at radius 1 is 1.45 bits per heavy atom. The summed E-state index contributed by atoms with van der Waals surface area (Å²) in [5, 5.41) is 0. The van der Waals surface area contributed by atoms with Crippen LogP contribution in [0.5, 0.6) is 0 Å². The zero-order chi connectivity index (χ0) is 15.9. The van der Waals surface area contributed by atoms with Crippen molar-refractivity contribution in [1.82, 2.24) is 9.88 Å². The van der Waals surface area contributed by atoms with E-state index in [1.807, 2.05) is 6.20 Å². The summed E-state index contributed by atoms with van der Waals surface area (Å²) in [6.45, 7) is 7.94. The molecular weight excluding hydrogens is 278 g/mol. The van der Waals surface area contributed by atoms with E-state index in [1.54, 1.807) is 0 Å². The lowest BCUT2D eigenvalue weighted by Gasteiger charge is -2.35. The molecule has 22 heavy (non-hydrogen) atoms. The van der Waals surface area contributed by atoms with Crippen molar-refractivity contribution in [1.29, 1.82) is 0 Å². The molecule has 1 aliphatic rings. The largest absolute Gasteiger partial charge is 0.379 e. The van der Waals surface area contributed by atoms with Crippen LogP contribution in [0.4, 0.5) is 0 Å². The second kappa shape index (κ2) is 8.25. The molecule has 5 heteroatoms. The first kappa shape index (κ1) is 16.9. The molecular formula is C17H27N3O2. The van der Waals surface area contributed by atoms with E-state index in [2.05, 4.69) is 29.8 Å². The zero-order valence-corrected chi connectivity index (χ0v) is 13.7. The van der Waals surface area contributed by atoms with E-state index in [1.165, 1.54) is 11.1 Å². The number of carbonyl (C=O) groups excluding carboxylic acids is 1. The number of pyridine rings is 1. The Morgan fingerprint density at radius 2 is 2.18 bits per heavy atom. The number of hydrogen-bond acceptors (Lipinski definition) is 4. The maximum atomic E-state index is 10.9. The molecule has 1 aromatic heterocycles. The summed E-state index contributed by atoms with van der Waals surface area (Å²) in [5.41, 5.74) is 8.84. The SMILES string of the molecule is CCC(c1cc(CCCC(N)=O)ncc1C)N1CCOCC1. The Bertz CT molecular complexity index is 499. The standard InChI is InChI=1S/C17H27N3O2/c1-3-16(20-7-9-22-10-8-20)15-11-14(19-12-13(15)2)5-4-6-17(18)21/h11-12,16H,3-10H2,1-2H3,(H2,18,21). The van der Waals surface area contributed by atoms with Gasteiger partial charge in [-0.2, -0.15) is 0 Å². The van der Waals surface area contributed by atoms with Gasteiger partial charge in [0, 0.05) is 37.4 Å². The second-order valence-corrected chi connectivity index (χ2v) is 5.92. The molecule has 1 aliphatic heterocycles. The number of aryl methyl sites for hydroxylation is 2. The molecule has 0 aromatic carbocycles. The Morgan fingerprint density at radius 3 is 2.82 bits per heavy atom. The van der Waals surface area contributed by atoms with E-state index in [-0.39, 0.29) is 5.91 Å². The molecule has 5 nitrogen and oxygen atoms in total. The molecule has 1 unspecified atom stereocenters. The van der Waals surface area contributed by atoms with Gasteiger partial charge >= 0.3 is 0 Å². The molecule has 1 amide bonds. The van der Waals surface area contributed by atoms with E-state index in [4.69, 9.17) is 10.5 Å². The molecule has 0 spiro atoms. The van der Waals surface area contributed by atoms with Crippen molar-refractivity contribution in [3.8, 4) is 0 Å². The maximum Gasteiger partial charge on any atom is 0.217 e. The lowest BCUT2D eigenvalue weighted by molar-refractivity contribution is -0.118. The molecule has 1 saturated heterocycles. The molecule has 2 rings (SSSR count). The van der Waals surface area contributed by atoms with Crippen LogP contribution in [0.15, 0.2) is 12.3 Å². The van der Waals surface area contributed by atoms with Crippen LogP contribution in [0, 0.1) is 6.92 Å². The van der Waals surface area contributed by atoms with Crippen molar-refractivity contribution in [2.24, 2.45) is 5.73 Å². The fourth-order valence-electron chi connectivity index (χ4n) is 3.09. The summed E-state index contributed by atoms with van der Waals surface area (Å²) in [6, 6.07) is 2.63. The van der Waals surface area contributed by atoms with Gasteiger partial charge in [0.2, 0.25) is 5.91 Å². The number of amides is 1. The van der Waals surface area contributed by atoms with E-state index in [9.17, 15) is 4.79 Å². The van der Waals surface area contributed by atoms with E-state index < -0.39 is 0 Å². The van der Waals surface area contributed by atoms with Gasteiger partial charge in [0.05, 0.1) is 13.2 Å². The number of aromatic nitrogens is 1. The lowest BCUT2D eigenvalue weighted by Crippen LogP contribution is -2.39. The predicted molar refractivity (Wildman–Crippen MR) is 86.5 cm³/mol. The summed E-state index contributed by atoms with van der Waals surface area (Å²) < 4.78 is 5.46. The molecule has 2 heterocycles. The van der Waals surface area contributed by atoms with Crippen LogP contribution in [0.3, 0.4) is 0 Å². The van der Waals surface area contributed by atoms with Gasteiger partial charge < -0.3 is 10.5 Å².